The topological polar surface area (TPSA) is 83.0 Å². The van der Waals surface area contributed by atoms with Gasteiger partial charge in [0.2, 0.25) is 0 Å². The summed E-state index contributed by atoms with van der Waals surface area (Å²) in [6.07, 6.45) is 2.33. The van der Waals surface area contributed by atoms with Crippen molar-refractivity contribution in [2.24, 2.45) is 4.99 Å². The van der Waals surface area contributed by atoms with Crippen LogP contribution in [0, 0.1) is 0 Å². The molecular weight excluding hydrogens is 515 g/mol. The van der Waals surface area contributed by atoms with E-state index in [0.717, 1.165) is 13.1 Å². The second-order valence-electron chi connectivity index (χ2n) is 7.52. The summed E-state index contributed by atoms with van der Waals surface area (Å²) < 4.78 is 29.5. The van der Waals surface area contributed by atoms with Gasteiger partial charge < -0.3 is 15.4 Å². The predicted molar refractivity (Wildman–Crippen MR) is 135 cm³/mol. The third-order valence-corrected chi connectivity index (χ3v) is 8.02. The zero-order valence-corrected chi connectivity index (χ0v) is 21.7. The Morgan fingerprint density at radius 2 is 1.77 bits per heavy atom. The first kappa shape index (κ1) is 27.1. The van der Waals surface area contributed by atoms with Crippen LogP contribution >= 0.6 is 24.0 Å². The Bertz CT molecular complexity index is 749. The van der Waals surface area contributed by atoms with Crippen molar-refractivity contribution in [1.82, 2.24) is 15.5 Å². The van der Waals surface area contributed by atoms with Crippen molar-refractivity contribution in [3.63, 3.8) is 0 Å². The van der Waals surface area contributed by atoms with E-state index in [0.29, 0.717) is 45.1 Å². The van der Waals surface area contributed by atoms with Gasteiger partial charge in [-0.2, -0.15) is 0 Å². The summed E-state index contributed by atoms with van der Waals surface area (Å²) in [5, 5.41) is 6.65. The lowest BCUT2D eigenvalue weighted by molar-refractivity contribution is 0.0756. The molecular formula is C21H37IN4O3S. The van der Waals surface area contributed by atoms with E-state index in [-0.39, 0.29) is 30.0 Å². The zero-order chi connectivity index (χ0) is 21.3. The number of hydrogen-bond donors (Lipinski definition) is 2. The third-order valence-electron chi connectivity index (χ3n) is 5.89. The number of hydrogen-bond acceptors (Lipinski definition) is 5. The van der Waals surface area contributed by atoms with Gasteiger partial charge >= 0.3 is 0 Å². The highest BCUT2D eigenvalue weighted by molar-refractivity contribution is 14.0. The summed E-state index contributed by atoms with van der Waals surface area (Å²) in [5.74, 6) is 0.618. The Morgan fingerprint density at radius 1 is 1.17 bits per heavy atom. The largest absolute Gasteiger partial charge is 0.381 e. The molecule has 1 atom stereocenters. The molecule has 0 amide bonds. The molecule has 172 valence electrons. The van der Waals surface area contributed by atoms with E-state index < -0.39 is 14.6 Å². The van der Waals surface area contributed by atoms with E-state index in [9.17, 15) is 8.42 Å². The van der Waals surface area contributed by atoms with Crippen LogP contribution in [0.4, 0.5) is 0 Å². The van der Waals surface area contributed by atoms with Crippen LogP contribution in [-0.2, 0) is 14.6 Å². The van der Waals surface area contributed by atoms with Crippen LogP contribution < -0.4 is 10.6 Å². The summed E-state index contributed by atoms with van der Waals surface area (Å²) in [4.78, 5) is 6.71. The second kappa shape index (κ2) is 12.8. The number of halogens is 1. The molecule has 1 aromatic rings. The van der Waals surface area contributed by atoms with Gasteiger partial charge in [-0.25, -0.2) is 8.42 Å². The fourth-order valence-electron chi connectivity index (χ4n) is 3.88. The van der Waals surface area contributed by atoms with Crippen molar-refractivity contribution >= 4 is 39.8 Å². The molecule has 0 radical (unpaired) electrons. The maximum atomic E-state index is 12.5. The van der Waals surface area contributed by atoms with Gasteiger partial charge in [0.25, 0.3) is 0 Å². The number of aliphatic imine (C=N–C) groups is 1. The maximum Gasteiger partial charge on any atom is 0.191 e. The third kappa shape index (κ3) is 7.06. The molecule has 7 nitrogen and oxygen atoms in total. The number of guanidine groups is 1. The molecule has 2 rings (SSSR count). The van der Waals surface area contributed by atoms with Crippen LogP contribution in [0.15, 0.2) is 35.3 Å². The number of likely N-dealkylation sites (N-methyl/N-ethyl adjacent to an activating group) is 1. The van der Waals surface area contributed by atoms with E-state index >= 15 is 0 Å². The minimum atomic E-state index is -3.22. The highest BCUT2D eigenvalue weighted by Gasteiger charge is 2.42. The summed E-state index contributed by atoms with van der Waals surface area (Å²) in [5.41, 5.74) is 1.25. The standard InChI is InChI=1S/C21H36N4O3S.HI/c1-5-25(6-2)19(18-10-8-7-9-11-18)16-23-20(22-3)24-17-21(29(4,26)27)12-14-28-15-13-21;/h7-11,19H,5-6,12-17H2,1-4H3,(H2,22,23,24);1H. The van der Waals surface area contributed by atoms with E-state index in [1.54, 1.807) is 7.05 Å². The fourth-order valence-corrected chi connectivity index (χ4v) is 5.12. The summed E-state index contributed by atoms with van der Waals surface area (Å²) >= 11 is 0. The molecule has 1 unspecified atom stereocenters. The van der Waals surface area contributed by atoms with Crippen LogP contribution in [0.3, 0.4) is 0 Å². The molecule has 1 aliphatic heterocycles. The Balaban J connectivity index is 0.00000450. The van der Waals surface area contributed by atoms with Crippen molar-refractivity contribution in [3.05, 3.63) is 35.9 Å². The monoisotopic (exact) mass is 552 g/mol. The van der Waals surface area contributed by atoms with E-state index in [2.05, 4.69) is 58.6 Å². The van der Waals surface area contributed by atoms with Crippen molar-refractivity contribution in [1.29, 1.82) is 0 Å². The van der Waals surface area contributed by atoms with Gasteiger partial charge in [0.05, 0.1) is 10.8 Å². The number of rotatable bonds is 9. The minimum absolute atomic E-state index is 0. The van der Waals surface area contributed by atoms with Crippen molar-refractivity contribution < 1.29 is 13.2 Å². The first-order valence-corrected chi connectivity index (χ1v) is 12.3. The molecule has 1 fully saturated rings. The lowest BCUT2D eigenvalue weighted by Gasteiger charge is -2.36. The average molecular weight is 553 g/mol. The molecule has 0 aliphatic carbocycles. The zero-order valence-electron chi connectivity index (χ0n) is 18.6. The maximum absolute atomic E-state index is 12.5. The van der Waals surface area contributed by atoms with E-state index in [1.807, 2.05) is 6.07 Å². The van der Waals surface area contributed by atoms with Gasteiger partial charge in [0.15, 0.2) is 15.8 Å². The Kier molecular flexibility index (Phi) is 11.6. The molecule has 1 heterocycles. The summed E-state index contributed by atoms with van der Waals surface area (Å²) in [6.45, 7) is 8.16. The Hall–Kier alpha value is -0.910. The van der Waals surface area contributed by atoms with E-state index in [4.69, 9.17) is 4.74 Å². The Labute approximate surface area is 199 Å². The SMILES string of the molecule is CCN(CC)C(CNC(=NC)NCC1(S(C)(=O)=O)CCOCC1)c1ccccc1.I. The highest BCUT2D eigenvalue weighted by Crippen LogP contribution is 2.28. The molecule has 0 aromatic heterocycles. The van der Waals surface area contributed by atoms with Gasteiger partial charge in [0, 0.05) is 39.6 Å². The van der Waals surface area contributed by atoms with Crippen LogP contribution in [0.25, 0.3) is 0 Å². The number of sulfone groups is 1. The predicted octanol–water partition coefficient (Wildman–Crippen LogP) is 2.45. The Morgan fingerprint density at radius 3 is 2.27 bits per heavy atom. The van der Waals surface area contributed by atoms with Crippen molar-refractivity contribution in [2.45, 2.75) is 37.5 Å². The van der Waals surface area contributed by atoms with Gasteiger partial charge in [-0.3, -0.25) is 9.89 Å². The molecule has 1 saturated heterocycles. The molecule has 2 N–H and O–H groups in total. The molecule has 1 aromatic carbocycles. The van der Waals surface area contributed by atoms with Crippen molar-refractivity contribution in [2.75, 3.05) is 52.7 Å². The number of benzene rings is 1. The van der Waals surface area contributed by atoms with Crippen LogP contribution in [0.2, 0.25) is 0 Å². The summed E-state index contributed by atoms with van der Waals surface area (Å²) in [6, 6.07) is 10.6. The van der Waals surface area contributed by atoms with Crippen LogP contribution in [-0.4, -0.2) is 76.7 Å². The number of nitrogens with one attached hydrogen (secondary N) is 2. The van der Waals surface area contributed by atoms with Crippen LogP contribution in [0.1, 0.15) is 38.3 Å². The first-order chi connectivity index (χ1) is 13.9. The molecule has 0 bridgehead atoms. The number of nitrogens with zero attached hydrogens (tertiary/aromatic N) is 2. The molecule has 30 heavy (non-hydrogen) atoms. The first-order valence-electron chi connectivity index (χ1n) is 10.4. The lowest BCUT2D eigenvalue weighted by Crippen LogP contribution is -2.54. The van der Waals surface area contributed by atoms with Gasteiger partial charge in [0.1, 0.15) is 0 Å². The van der Waals surface area contributed by atoms with Gasteiger partial charge in [-0.1, -0.05) is 44.2 Å². The summed E-state index contributed by atoms with van der Waals surface area (Å²) in [7, 11) is -1.51. The quantitative estimate of drug-likeness (QED) is 0.278. The van der Waals surface area contributed by atoms with Gasteiger partial charge in [-0.05, 0) is 31.5 Å². The van der Waals surface area contributed by atoms with Gasteiger partial charge in [-0.15, -0.1) is 24.0 Å². The highest BCUT2D eigenvalue weighted by atomic mass is 127. The minimum Gasteiger partial charge on any atom is -0.381 e. The smallest absolute Gasteiger partial charge is 0.191 e. The molecule has 0 spiro atoms. The molecule has 0 saturated carbocycles. The lowest BCUT2D eigenvalue weighted by atomic mass is 9.99. The fraction of sp³-hybridized carbons (Fsp3) is 0.667. The van der Waals surface area contributed by atoms with Crippen molar-refractivity contribution in [3.8, 4) is 0 Å². The average Bonchev–Trinajstić information content (AvgIpc) is 2.73. The second-order valence-corrected chi connectivity index (χ2v) is 9.93. The molecule has 1 aliphatic rings. The molecule has 9 heteroatoms. The normalized spacial score (nSPS) is 17.8. The number of ether oxygens (including phenoxy) is 1. The van der Waals surface area contributed by atoms with Crippen LogP contribution in [0.5, 0.6) is 0 Å². The van der Waals surface area contributed by atoms with E-state index in [1.165, 1.54) is 11.8 Å².